The molecule has 1 fully saturated rings. The summed E-state index contributed by atoms with van der Waals surface area (Å²) in [5, 5.41) is 3.58. The molecule has 0 amide bonds. The van der Waals surface area contributed by atoms with Crippen LogP contribution in [-0.2, 0) is 48.5 Å². The van der Waals surface area contributed by atoms with Gasteiger partial charge >= 0.3 is 23.9 Å². The fourth-order valence-electron chi connectivity index (χ4n) is 6.96. The first-order valence-corrected chi connectivity index (χ1v) is 21.8. The Balaban J connectivity index is 1.80. The smallest absolute Gasteiger partial charge is 0.307 e. The third-order valence-electron chi connectivity index (χ3n) is 10.3. The normalized spacial score (nSPS) is 15.5. The quantitative estimate of drug-likeness (QED) is 0.0325. The average Bonchev–Trinajstić information content (AvgIpc) is 3.17. The topological polar surface area (TPSA) is 134 Å². The molecule has 312 valence electrons. The van der Waals surface area contributed by atoms with Gasteiger partial charge < -0.3 is 18.9 Å². The lowest BCUT2D eigenvalue weighted by Gasteiger charge is -2.37. The van der Waals surface area contributed by atoms with Crippen molar-refractivity contribution in [2.45, 2.75) is 192 Å². The minimum atomic E-state index is -1.06. The molecule has 0 bridgehead atoms. The molecule has 0 radical (unpaired) electrons. The Kier molecular flexibility index (Phi) is 26.4. The summed E-state index contributed by atoms with van der Waals surface area (Å²) in [6, 6.07) is 7.14. The summed E-state index contributed by atoms with van der Waals surface area (Å²) in [7, 11) is 0. The molecule has 1 aromatic rings. The van der Waals surface area contributed by atoms with E-state index in [0.29, 0.717) is 23.4 Å². The fourth-order valence-corrected chi connectivity index (χ4v) is 7.25. The van der Waals surface area contributed by atoms with Crippen molar-refractivity contribution in [3.8, 4) is 0 Å². The Hall–Kier alpha value is -2.98. The average molecular weight is 792 g/mol. The van der Waals surface area contributed by atoms with Crippen LogP contribution < -0.4 is 5.32 Å². The van der Waals surface area contributed by atoms with Gasteiger partial charge in [0.25, 0.3) is 0 Å². The second-order valence-corrected chi connectivity index (χ2v) is 15.4. The molecule has 1 aliphatic carbocycles. The standard InChI is InChI=1S/C44H70ClNO9/c1-3-5-7-9-11-13-15-17-19-28-40(48)52-33-36(34-53-41(49)29-20-18-16-14-12-10-8-6-4-2)55-43(51)31-30-42(50)54-35-46-44(32-24-23-27-39(44)47)37-25-21-22-26-38(37)45/h21-22,25-26,36,46H,3-20,23-24,27-35H2,1-2H3/t44-/m0/s1. The number of Topliss-reactive ketones (excluding diaryl/α,β-unsaturated/α-hetero) is 1. The van der Waals surface area contributed by atoms with E-state index in [-0.39, 0.29) is 51.4 Å². The van der Waals surface area contributed by atoms with Gasteiger partial charge in [-0.3, -0.25) is 29.3 Å². The summed E-state index contributed by atoms with van der Waals surface area (Å²) < 4.78 is 21.7. The zero-order valence-corrected chi connectivity index (χ0v) is 34.7. The van der Waals surface area contributed by atoms with Gasteiger partial charge in [0, 0.05) is 24.3 Å². The minimum Gasteiger partial charge on any atom is -0.462 e. The summed E-state index contributed by atoms with van der Waals surface area (Å²) in [5.74, 6) is -2.17. The molecule has 1 atom stereocenters. The molecule has 0 saturated heterocycles. The van der Waals surface area contributed by atoms with Crippen LogP contribution in [0.25, 0.3) is 0 Å². The molecule has 2 rings (SSSR count). The van der Waals surface area contributed by atoms with Crippen molar-refractivity contribution >= 4 is 41.3 Å². The van der Waals surface area contributed by atoms with Gasteiger partial charge in [-0.25, -0.2) is 0 Å². The van der Waals surface area contributed by atoms with Crippen LogP contribution in [-0.4, -0.2) is 55.7 Å². The van der Waals surface area contributed by atoms with Gasteiger partial charge in [-0.05, 0) is 37.3 Å². The highest BCUT2D eigenvalue weighted by Gasteiger charge is 2.42. The van der Waals surface area contributed by atoms with E-state index in [1.165, 1.54) is 64.2 Å². The number of benzene rings is 1. The number of ether oxygens (including phenoxy) is 4. The molecule has 0 spiro atoms. The Bertz CT molecular complexity index is 1220. The van der Waals surface area contributed by atoms with Crippen LogP contribution in [0.15, 0.2) is 24.3 Å². The number of esters is 4. The minimum absolute atomic E-state index is 0.0137. The van der Waals surface area contributed by atoms with E-state index < -0.39 is 35.5 Å². The van der Waals surface area contributed by atoms with E-state index in [1.807, 2.05) is 6.07 Å². The summed E-state index contributed by atoms with van der Waals surface area (Å²) >= 11 is 6.46. The van der Waals surface area contributed by atoms with Crippen molar-refractivity contribution in [3.63, 3.8) is 0 Å². The van der Waals surface area contributed by atoms with Crippen LogP contribution in [0, 0.1) is 0 Å². The summed E-state index contributed by atoms with van der Waals surface area (Å²) in [5.41, 5.74) is -0.408. The highest BCUT2D eigenvalue weighted by atomic mass is 35.5. The zero-order chi connectivity index (χ0) is 40.0. The lowest BCUT2D eigenvalue weighted by atomic mass is 9.75. The molecule has 1 saturated carbocycles. The van der Waals surface area contributed by atoms with Crippen molar-refractivity contribution in [2.75, 3.05) is 19.9 Å². The largest absolute Gasteiger partial charge is 0.462 e. The monoisotopic (exact) mass is 791 g/mol. The van der Waals surface area contributed by atoms with Crippen LogP contribution in [0.2, 0.25) is 5.02 Å². The van der Waals surface area contributed by atoms with Gasteiger partial charge in [-0.2, -0.15) is 0 Å². The van der Waals surface area contributed by atoms with Crippen LogP contribution in [0.1, 0.15) is 186 Å². The van der Waals surface area contributed by atoms with Crippen LogP contribution in [0.4, 0.5) is 0 Å². The predicted octanol–water partition coefficient (Wildman–Crippen LogP) is 10.4. The van der Waals surface area contributed by atoms with E-state index in [4.69, 9.17) is 30.5 Å². The number of carbonyl (C=O) groups excluding carboxylic acids is 5. The van der Waals surface area contributed by atoms with Gasteiger partial charge in [0.05, 0.1) is 12.8 Å². The van der Waals surface area contributed by atoms with Gasteiger partial charge in [0.15, 0.2) is 11.9 Å². The van der Waals surface area contributed by atoms with Crippen LogP contribution in [0.3, 0.4) is 0 Å². The predicted molar refractivity (Wildman–Crippen MR) is 215 cm³/mol. The van der Waals surface area contributed by atoms with Gasteiger partial charge in [-0.1, -0.05) is 153 Å². The first-order chi connectivity index (χ1) is 26.7. The molecule has 0 heterocycles. The number of hydrogen-bond donors (Lipinski definition) is 1. The fraction of sp³-hybridized carbons (Fsp3) is 0.750. The Morgan fingerprint density at radius 1 is 0.636 bits per heavy atom. The Morgan fingerprint density at radius 2 is 1.11 bits per heavy atom. The summed E-state index contributed by atoms with van der Waals surface area (Å²) in [6.45, 7) is 3.67. The Morgan fingerprint density at radius 3 is 1.62 bits per heavy atom. The number of halogens is 1. The lowest BCUT2D eigenvalue weighted by Crippen LogP contribution is -2.52. The number of hydrogen-bond acceptors (Lipinski definition) is 10. The third kappa shape index (κ3) is 21.2. The third-order valence-corrected chi connectivity index (χ3v) is 10.6. The highest BCUT2D eigenvalue weighted by molar-refractivity contribution is 6.31. The van der Waals surface area contributed by atoms with Crippen molar-refractivity contribution in [3.05, 3.63) is 34.9 Å². The number of rotatable bonds is 32. The molecule has 11 heteroatoms. The zero-order valence-electron chi connectivity index (χ0n) is 33.9. The lowest BCUT2D eigenvalue weighted by molar-refractivity contribution is -0.167. The van der Waals surface area contributed by atoms with Gasteiger partial charge in [0.2, 0.25) is 0 Å². The van der Waals surface area contributed by atoms with E-state index in [9.17, 15) is 24.0 Å². The first kappa shape index (κ1) is 48.2. The van der Waals surface area contributed by atoms with E-state index in [0.717, 1.165) is 64.2 Å². The molecule has 0 unspecified atom stereocenters. The summed E-state index contributed by atoms with van der Waals surface area (Å²) in [6.07, 6.45) is 21.8. The maximum Gasteiger partial charge on any atom is 0.307 e. The number of ketones is 1. The number of nitrogens with one attached hydrogen (secondary N) is 1. The van der Waals surface area contributed by atoms with Crippen molar-refractivity contribution < 1.29 is 42.9 Å². The second kappa shape index (κ2) is 30.2. The molecule has 1 aliphatic rings. The Labute approximate surface area is 335 Å². The molecule has 10 nitrogen and oxygen atoms in total. The number of unbranched alkanes of at least 4 members (excludes halogenated alkanes) is 16. The molecular formula is C44H70ClNO9. The molecule has 0 aliphatic heterocycles. The SMILES string of the molecule is CCCCCCCCCCCC(=O)OCC(COC(=O)CCCCCCCCCCC)OC(=O)CCC(=O)OCN[C@]1(c2ccccc2Cl)CCCCC1=O. The second-order valence-electron chi connectivity index (χ2n) is 15.0. The maximum absolute atomic E-state index is 13.1. The maximum atomic E-state index is 13.1. The highest BCUT2D eigenvalue weighted by Crippen LogP contribution is 2.38. The van der Waals surface area contributed by atoms with Gasteiger partial charge in [-0.15, -0.1) is 0 Å². The molecule has 1 N–H and O–H groups in total. The van der Waals surface area contributed by atoms with E-state index in [1.54, 1.807) is 18.2 Å². The van der Waals surface area contributed by atoms with Crippen molar-refractivity contribution in [1.29, 1.82) is 0 Å². The summed E-state index contributed by atoms with van der Waals surface area (Å²) in [4.78, 5) is 63.5. The molecule has 55 heavy (non-hydrogen) atoms. The van der Waals surface area contributed by atoms with Gasteiger partial charge in [0.1, 0.15) is 25.5 Å². The van der Waals surface area contributed by atoms with Crippen molar-refractivity contribution in [1.82, 2.24) is 5.32 Å². The molecule has 0 aromatic heterocycles. The molecular weight excluding hydrogens is 722 g/mol. The van der Waals surface area contributed by atoms with E-state index in [2.05, 4.69) is 19.2 Å². The molecule has 1 aromatic carbocycles. The van der Waals surface area contributed by atoms with Crippen LogP contribution >= 0.6 is 11.6 Å². The van der Waals surface area contributed by atoms with Crippen LogP contribution in [0.5, 0.6) is 0 Å². The van der Waals surface area contributed by atoms with E-state index >= 15 is 0 Å². The first-order valence-electron chi connectivity index (χ1n) is 21.4. The van der Waals surface area contributed by atoms with Crippen molar-refractivity contribution in [2.24, 2.45) is 0 Å². The number of carbonyl (C=O) groups is 5.